The van der Waals surface area contributed by atoms with Crippen LogP contribution in [0.25, 0.3) is 11.0 Å². The van der Waals surface area contributed by atoms with Crippen molar-refractivity contribution in [1.29, 1.82) is 0 Å². The van der Waals surface area contributed by atoms with E-state index in [4.69, 9.17) is 0 Å². The van der Waals surface area contributed by atoms with Crippen molar-refractivity contribution < 1.29 is 33.0 Å². The first-order valence-electron chi connectivity index (χ1n) is 13.1. The van der Waals surface area contributed by atoms with Gasteiger partial charge in [0.2, 0.25) is 0 Å². The topological polar surface area (TPSA) is 107 Å². The Bertz CT molecular complexity index is 1800. The number of hydrogen-bond donors (Lipinski definition) is 2. The number of halogens is 3. The molecule has 43 heavy (non-hydrogen) atoms. The number of hydrogen-bond acceptors (Lipinski definition) is 6. The monoisotopic (exact) mass is 586 g/mol. The van der Waals surface area contributed by atoms with Crippen LogP contribution >= 0.6 is 0 Å². The van der Waals surface area contributed by atoms with E-state index in [1.807, 2.05) is 18.2 Å². The highest BCUT2D eigenvalue weighted by Crippen LogP contribution is 2.40. The molecule has 0 spiro atoms. The second-order valence-electron chi connectivity index (χ2n) is 9.85. The first-order chi connectivity index (χ1) is 20.5. The van der Waals surface area contributed by atoms with Gasteiger partial charge in [0.05, 0.1) is 28.7 Å². The summed E-state index contributed by atoms with van der Waals surface area (Å²) >= 11 is 0. The van der Waals surface area contributed by atoms with Crippen molar-refractivity contribution in [2.75, 3.05) is 11.9 Å². The number of aromatic nitrogens is 2. The number of carbonyl (C=O) groups excluding carboxylic acids is 2. The molecule has 4 aromatic carbocycles. The molecule has 0 bridgehead atoms. The van der Waals surface area contributed by atoms with Crippen molar-refractivity contribution in [2.45, 2.75) is 19.3 Å². The smallest absolute Gasteiger partial charge is 0.419 e. The summed E-state index contributed by atoms with van der Waals surface area (Å²) in [4.78, 5) is 38.1. The van der Waals surface area contributed by atoms with Crippen LogP contribution in [0.1, 0.15) is 37.4 Å². The average molecular weight is 587 g/mol. The van der Waals surface area contributed by atoms with E-state index in [0.29, 0.717) is 35.3 Å². The van der Waals surface area contributed by atoms with E-state index in [2.05, 4.69) is 9.97 Å². The lowest BCUT2D eigenvalue weighted by atomic mass is 10.0. The Labute approximate surface area is 244 Å². The SMILES string of the molecule is CN(Cc1ccc2nccnc2c1)C(=O)c1ccc(N(Cc2ccccc2)C(=O)c2cc(C(F)(F)F)c(O)cc2O)cc1. The molecule has 218 valence electrons. The number of anilines is 1. The lowest BCUT2D eigenvalue weighted by molar-refractivity contribution is -0.138. The third-order valence-corrected chi connectivity index (χ3v) is 6.80. The molecule has 0 aliphatic heterocycles. The maximum atomic E-state index is 13.6. The fourth-order valence-electron chi connectivity index (χ4n) is 4.62. The van der Waals surface area contributed by atoms with Gasteiger partial charge in [-0.25, -0.2) is 0 Å². The largest absolute Gasteiger partial charge is 0.507 e. The van der Waals surface area contributed by atoms with Crippen molar-refractivity contribution in [1.82, 2.24) is 14.9 Å². The molecular formula is C32H25F3N4O4. The van der Waals surface area contributed by atoms with Crippen LogP contribution in [0.5, 0.6) is 11.5 Å². The standard InChI is InChI=1S/C32H25F3N4O4/c1-38(18-21-7-12-26-27(15-21)37-14-13-36-26)30(42)22-8-10-23(11-9-22)39(19-20-5-3-2-4-6-20)31(43)24-16-25(32(33,34)35)29(41)17-28(24)40/h2-17,40-41H,18-19H2,1H3. The number of phenolic OH excluding ortho intramolecular Hbond substituents is 2. The van der Waals surface area contributed by atoms with E-state index in [0.717, 1.165) is 11.1 Å². The molecule has 1 aromatic heterocycles. The average Bonchev–Trinajstić information content (AvgIpc) is 2.99. The molecule has 0 saturated heterocycles. The fourth-order valence-corrected chi connectivity index (χ4v) is 4.62. The van der Waals surface area contributed by atoms with E-state index in [-0.39, 0.29) is 18.1 Å². The van der Waals surface area contributed by atoms with Crippen LogP contribution in [0.15, 0.2) is 97.3 Å². The first kappa shape index (κ1) is 29.1. The van der Waals surface area contributed by atoms with Crippen molar-refractivity contribution in [3.63, 3.8) is 0 Å². The zero-order chi connectivity index (χ0) is 30.7. The zero-order valence-electron chi connectivity index (χ0n) is 22.8. The van der Waals surface area contributed by atoms with Crippen molar-refractivity contribution in [3.05, 3.63) is 125 Å². The maximum Gasteiger partial charge on any atom is 0.419 e. The van der Waals surface area contributed by atoms with Crippen molar-refractivity contribution in [2.24, 2.45) is 0 Å². The molecule has 11 heteroatoms. The molecule has 5 aromatic rings. The Balaban J connectivity index is 1.42. The van der Waals surface area contributed by atoms with Gasteiger partial charge in [0.25, 0.3) is 11.8 Å². The van der Waals surface area contributed by atoms with E-state index in [1.165, 1.54) is 34.1 Å². The minimum Gasteiger partial charge on any atom is -0.507 e. The molecule has 0 atom stereocenters. The number of fused-ring (bicyclic) bond motifs is 1. The van der Waals surface area contributed by atoms with Gasteiger partial charge in [0.15, 0.2) is 0 Å². The molecule has 8 nitrogen and oxygen atoms in total. The molecule has 0 fully saturated rings. The highest BCUT2D eigenvalue weighted by Gasteiger charge is 2.36. The lowest BCUT2D eigenvalue weighted by Gasteiger charge is -2.25. The minimum atomic E-state index is -4.95. The predicted octanol–water partition coefficient (Wildman–Crippen LogP) is 6.18. The molecule has 0 aliphatic rings. The Morgan fingerprint density at radius 1 is 0.744 bits per heavy atom. The molecule has 2 N–H and O–H groups in total. The van der Waals surface area contributed by atoms with Crippen LogP contribution in [0, 0.1) is 0 Å². The number of nitrogens with zero attached hydrogens (tertiary/aromatic N) is 4. The van der Waals surface area contributed by atoms with Gasteiger partial charge in [-0.05, 0) is 53.6 Å². The molecular weight excluding hydrogens is 561 g/mol. The van der Waals surface area contributed by atoms with E-state index in [9.17, 15) is 33.0 Å². The van der Waals surface area contributed by atoms with E-state index >= 15 is 0 Å². The molecule has 5 rings (SSSR count). The molecule has 0 radical (unpaired) electrons. The predicted molar refractivity (Wildman–Crippen MR) is 154 cm³/mol. The quantitative estimate of drug-likeness (QED) is 0.236. The summed E-state index contributed by atoms with van der Waals surface area (Å²) in [5, 5.41) is 20.1. The van der Waals surface area contributed by atoms with Gasteiger partial charge in [0.1, 0.15) is 11.5 Å². The van der Waals surface area contributed by atoms with Gasteiger partial charge >= 0.3 is 6.18 Å². The summed E-state index contributed by atoms with van der Waals surface area (Å²) in [6, 6.07) is 21.3. The number of phenols is 2. The normalized spacial score (nSPS) is 11.3. The number of amides is 2. The third-order valence-electron chi connectivity index (χ3n) is 6.80. The number of aromatic hydroxyl groups is 2. The Hall–Kier alpha value is -5.45. The van der Waals surface area contributed by atoms with Crippen molar-refractivity contribution in [3.8, 4) is 11.5 Å². The summed E-state index contributed by atoms with van der Waals surface area (Å²) in [5.74, 6) is -3.22. The van der Waals surface area contributed by atoms with Crippen LogP contribution < -0.4 is 4.90 Å². The van der Waals surface area contributed by atoms with E-state index in [1.54, 1.807) is 49.8 Å². The van der Waals surface area contributed by atoms with E-state index < -0.39 is 34.7 Å². The highest BCUT2D eigenvalue weighted by molar-refractivity contribution is 6.08. The van der Waals surface area contributed by atoms with Crippen LogP contribution in [-0.4, -0.2) is 43.9 Å². The number of benzene rings is 4. The number of rotatable bonds is 7. The third kappa shape index (κ3) is 6.40. The summed E-state index contributed by atoms with van der Waals surface area (Å²) in [7, 11) is 1.65. The zero-order valence-corrected chi connectivity index (χ0v) is 22.8. The van der Waals surface area contributed by atoms with Crippen LogP contribution in [0.3, 0.4) is 0 Å². The van der Waals surface area contributed by atoms with Gasteiger partial charge in [-0.3, -0.25) is 19.6 Å². The Kier molecular flexibility index (Phi) is 7.98. The lowest BCUT2D eigenvalue weighted by Crippen LogP contribution is -2.31. The van der Waals surface area contributed by atoms with Gasteiger partial charge < -0.3 is 20.0 Å². The van der Waals surface area contributed by atoms with Crippen LogP contribution in [-0.2, 0) is 19.3 Å². The number of alkyl halides is 3. The summed E-state index contributed by atoms with van der Waals surface area (Å²) in [6.07, 6.45) is -1.76. The maximum absolute atomic E-state index is 13.6. The van der Waals surface area contributed by atoms with Crippen LogP contribution in [0.2, 0.25) is 0 Å². The van der Waals surface area contributed by atoms with Gasteiger partial charge in [-0.1, -0.05) is 36.4 Å². The molecule has 0 aliphatic carbocycles. The second-order valence-corrected chi connectivity index (χ2v) is 9.85. The Morgan fingerprint density at radius 2 is 1.42 bits per heavy atom. The molecule has 2 amide bonds. The van der Waals surface area contributed by atoms with Gasteiger partial charge in [-0.2, -0.15) is 13.2 Å². The second kappa shape index (κ2) is 11.8. The molecule has 0 saturated carbocycles. The minimum absolute atomic E-state index is 0.0423. The van der Waals surface area contributed by atoms with Gasteiger partial charge in [-0.15, -0.1) is 0 Å². The Morgan fingerprint density at radius 3 is 2.09 bits per heavy atom. The summed E-state index contributed by atoms with van der Waals surface area (Å²) in [6.45, 7) is 0.257. The summed E-state index contributed by atoms with van der Waals surface area (Å²) < 4.78 is 40.4. The molecule has 1 heterocycles. The number of carbonyl (C=O) groups is 2. The van der Waals surface area contributed by atoms with Crippen molar-refractivity contribution >= 4 is 28.5 Å². The van der Waals surface area contributed by atoms with Gasteiger partial charge in [0, 0.05) is 43.3 Å². The highest BCUT2D eigenvalue weighted by atomic mass is 19.4. The fraction of sp³-hybridized carbons (Fsp3) is 0.125. The summed E-state index contributed by atoms with van der Waals surface area (Å²) in [5.41, 5.74) is 1.48. The molecule has 0 unspecified atom stereocenters. The first-order valence-corrected chi connectivity index (χ1v) is 13.1. The van der Waals surface area contributed by atoms with Crippen LogP contribution in [0.4, 0.5) is 18.9 Å².